The van der Waals surface area contributed by atoms with Crippen molar-refractivity contribution in [3.8, 4) is 5.75 Å². The predicted molar refractivity (Wildman–Crippen MR) is 109 cm³/mol. The Morgan fingerprint density at radius 3 is 2.60 bits per heavy atom. The van der Waals surface area contributed by atoms with E-state index in [4.69, 9.17) is 9.47 Å². The number of benzene rings is 2. The Hall–Kier alpha value is -3.75. The fourth-order valence-electron chi connectivity index (χ4n) is 2.27. The molecule has 9 heteroatoms. The molecule has 0 spiro atoms. The summed E-state index contributed by atoms with van der Waals surface area (Å²) < 4.78 is 23.6. The number of hydrogen-bond acceptors (Lipinski definition) is 6. The first kappa shape index (κ1) is 22.5. The molecule has 2 N–H and O–H groups in total. The summed E-state index contributed by atoms with van der Waals surface area (Å²) in [6.07, 6.45) is 1.17. The minimum atomic E-state index is -0.548. The molecule has 158 valence electrons. The predicted octanol–water partition coefficient (Wildman–Crippen LogP) is 2.64. The highest BCUT2D eigenvalue weighted by Gasteiger charge is 2.09. The van der Waals surface area contributed by atoms with Gasteiger partial charge in [0.2, 0.25) is 11.8 Å². The highest BCUT2D eigenvalue weighted by molar-refractivity contribution is 5.93. The summed E-state index contributed by atoms with van der Waals surface area (Å²) in [6.45, 7) is 1.78. The molecule has 0 aromatic heterocycles. The molecule has 8 nitrogen and oxygen atoms in total. The van der Waals surface area contributed by atoms with Crippen molar-refractivity contribution in [2.24, 2.45) is 5.10 Å². The Labute approximate surface area is 173 Å². The average Bonchev–Trinajstić information content (AvgIpc) is 2.73. The van der Waals surface area contributed by atoms with Crippen LogP contribution < -0.4 is 15.5 Å². The number of amides is 2. The van der Waals surface area contributed by atoms with E-state index in [0.717, 1.165) is 0 Å². The van der Waals surface area contributed by atoms with Crippen molar-refractivity contribution in [1.82, 2.24) is 5.43 Å². The van der Waals surface area contributed by atoms with Gasteiger partial charge in [-0.2, -0.15) is 5.10 Å². The molecule has 2 amide bonds. The number of carbonyl (C=O) groups is 3. The molecule has 0 aliphatic rings. The number of esters is 1. The van der Waals surface area contributed by atoms with Gasteiger partial charge in [0.1, 0.15) is 11.6 Å². The molecular formula is C21H22FN3O5. The van der Waals surface area contributed by atoms with Gasteiger partial charge in [-0.05, 0) is 36.8 Å². The number of para-hydroxylation sites is 1. The zero-order valence-corrected chi connectivity index (χ0v) is 16.4. The molecule has 0 radical (unpaired) electrons. The van der Waals surface area contributed by atoms with Gasteiger partial charge in [-0.1, -0.05) is 24.3 Å². The highest BCUT2D eigenvalue weighted by atomic mass is 19.1. The molecule has 0 atom stereocenters. The lowest BCUT2D eigenvalue weighted by molar-refractivity contribution is -0.145. The van der Waals surface area contributed by atoms with Gasteiger partial charge in [-0.25, -0.2) is 14.6 Å². The topological polar surface area (TPSA) is 106 Å². The molecule has 30 heavy (non-hydrogen) atoms. The molecule has 0 heterocycles. The molecule has 0 unspecified atom stereocenters. The molecule has 0 bridgehead atoms. The molecule has 0 aliphatic heterocycles. The lowest BCUT2D eigenvalue weighted by Crippen LogP contribution is -2.21. The third kappa shape index (κ3) is 8.09. The van der Waals surface area contributed by atoms with Crippen LogP contribution in [0.2, 0.25) is 0 Å². The number of nitrogens with zero attached hydrogens (tertiary/aromatic N) is 1. The van der Waals surface area contributed by atoms with E-state index in [1.807, 2.05) is 0 Å². The van der Waals surface area contributed by atoms with Gasteiger partial charge < -0.3 is 14.8 Å². The van der Waals surface area contributed by atoms with Crippen LogP contribution in [0.1, 0.15) is 25.3 Å². The Morgan fingerprint density at radius 1 is 1.07 bits per heavy atom. The second-order valence-electron chi connectivity index (χ2n) is 5.99. The molecule has 0 saturated heterocycles. The number of rotatable bonds is 10. The van der Waals surface area contributed by atoms with E-state index in [0.29, 0.717) is 11.3 Å². The van der Waals surface area contributed by atoms with E-state index < -0.39 is 23.6 Å². The normalized spacial score (nSPS) is 10.5. The SMILES string of the molecule is CCOC(=O)COc1cccc(C=NNC(=O)CCC(=O)Nc2ccccc2F)c1. The maximum absolute atomic E-state index is 13.5. The summed E-state index contributed by atoms with van der Waals surface area (Å²) in [5.74, 6) is -1.52. The summed E-state index contributed by atoms with van der Waals surface area (Å²) in [4.78, 5) is 34.9. The lowest BCUT2D eigenvalue weighted by Gasteiger charge is -2.06. The Morgan fingerprint density at radius 2 is 1.83 bits per heavy atom. The third-order valence-electron chi connectivity index (χ3n) is 3.65. The first-order chi connectivity index (χ1) is 14.5. The Balaban J connectivity index is 1.75. The van der Waals surface area contributed by atoms with Crippen molar-refractivity contribution < 1.29 is 28.2 Å². The number of anilines is 1. The van der Waals surface area contributed by atoms with Gasteiger partial charge in [-0.15, -0.1) is 0 Å². The second kappa shape index (κ2) is 11.9. The van der Waals surface area contributed by atoms with Gasteiger partial charge in [0.25, 0.3) is 0 Å². The van der Waals surface area contributed by atoms with E-state index >= 15 is 0 Å². The van der Waals surface area contributed by atoms with Gasteiger partial charge in [-0.3, -0.25) is 9.59 Å². The summed E-state index contributed by atoms with van der Waals surface area (Å²) in [5, 5.41) is 6.22. The van der Waals surface area contributed by atoms with Crippen molar-refractivity contribution in [1.29, 1.82) is 0 Å². The van der Waals surface area contributed by atoms with Crippen molar-refractivity contribution >= 4 is 29.7 Å². The summed E-state index contributed by atoms with van der Waals surface area (Å²) in [7, 11) is 0. The first-order valence-electron chi connectivity index (χ1n) is 9.22. The minimum absolute atomic E-state index is 0.0611. The first-order valence-corrected chi connectivity index (χ1v) is 9.22. The maximum atomic E-state index is 13.5. The molecule has 2 rings (SSSR count). The van der Waals surface area contributed by atoms with Gasteiger partial charge in [0.15, 0.2) is 6.61 Å². The molecule has 2 aromatic rings. The van der Waals surface area contributed by atoms with E-state index in [2.05, 4.69) is 15.8 Å². The fourth-order valence-corrected chi connectivity index (χ4v) is 2.27. The van der Waals surface area contributed by atoms with Crippen molar-refractivity contribution in [2.45, 2.75) is 19.8 Å². The molecule has 0 fully saturated rings. The van der Waals surface area contributed by atoms with Crippen LogP contribution in [0.25, 0.3) is 0 Å². The van der Waals surface area contributed by atoms with Crippen LogP contribution in [0.3, 0.4) is 0 Å². The number of ether oxygens (including phenoxy) is 2. The van der Waals surface area contributed by atoms with Crippen LogP contribution >= 0.6 is 0 Å². The lowest BCUT2D eigenvalue weighted by atomic mass is 10.2. The van der Waals surface area contributed by atoms with E-state index in [1.165, 1.54) is 24.4 Å². The summed E-state index contributed by atoms with van der Waals surface area (Å²) >= 11 is 0. The largest absolute Gasteiger partial charge is 0.482 e. The van der Waals surface area contributed by atoms with Crippen LogP contribution in [0.5, 0.6) is 5.75 Å². The molecule has 0 saturated carbocycles. The zero-order chi connectivity index (χ0) is 21.8. The van der Waals surface area contributed by atoms with Crippen LogP contribution in [0.15, 0.2) is 53.6 Å². The Kier molecular flexibility index (Phi) is 8.98. The summed E-state index contributed by atoms with van der Waals surface area (Å²) in [5.41, 5.74) is 3.00. The van der Waals surface area contributed by atoms with Crippen molar-refractivity contribution in [2.75, 3.05) is 18.5 Å². The van der Waals surface area contributed by atoms with E-state index in [-0.39, 0.29) is 31.7 Å². The highest BCUT2D eigenvalue weighted by Crippen LogP contribution is 2.13. The van der Waals surface area contributed by atoms with Gasteiger partial charge in [0, 0.05) is 12.8 Å². The fraction of sp³-hybridized carbons (Fsp3) is 0.238. The monoisotopic (exact) mass is 415 g/mol. The molecular weight excluding hydrogens is 393 g/mol. The van der Waals surface area contributed by atoms with Crippen LogP contribution in [0.4, 0.5) is 10.1 Å². The number of halogens is 1. The number of nitrogens with one attached hydrogen (secondary N) is 2. The maximum Gasteiger partial charge on any atom is 0.344 e. The average molecular weight is 415 g/mol. The van der Waals surface area contributed by atoms with Crippen molar-refractivity contribution in [3.63, 3.8) is 0 Å². The zero-order valence-electron chi connectivity index (χ0n) is 16.4. The number of hydrazone groups is 1. The van der Waals surface area contributed by atoms with Crippen molar-refractivity contribution in [3.05, 3.63) is 59.9 Å². The minimum Gasteiger partial charge on any atom is -0.482 e. The Bertz CT molecular complexity index is 917. The van der Waals surface area contributed by atoms with Crippen LogP contribution in [0, 0.1) is 5.82 Å². The van der Waals surface area contributed by atoms with E-state index in [9.17, 15) is 18.8 Å². The van der Waals surface area contributed by atoms with Gasteiger partial charge in [0.05, 0.1) is 18.5 Å². The van der Waals surface area contributed by atoms with Crippen LogP contribution in [-0.4, -0.2) is 37.2 Å². The molecule has 2 aromatic carbocycles. The quantitative estimate of drug-likeness (QED) is 0.353. The summed E-state index contributed by atoms with van der Waals surface area (Å²) in [6, 6.07) is 12.5. The van der Waals surface area contributed by atoms with E-state index in [1.54, 1.807) is 37.3 Å². The molecule has 0 aliphatic carbocycles. The number of hydrogen-bond donors (Lipinski definition) is 2. The third-order valence-corrected chi connectivity index (χ3v) is 3.65. The number of carbonyl (C=O) groups excluding carboxylic acids is 3. The van der Waals surface area contributed by atoms with Gasteiger partial charge >= 0.3 is 5.97 Å². The van der Waals surface area contributed by atoms with Crippen LogP contribution in [-0.2, 0) is 19.1 Å². The smallest absolute Gasteiger partial charge is 0.344 e. The standard InChI is InChI=1S/C21H22FN3O5/c1-2-29-21(28)14-30-16-7-5-6-15(12-16)13-23-25-20(27)11-10-19(26)24-18-9-4-3-8-17(18)22/h3-9,12-13H,2,10-11,14H2,1H3,(H,24,26)(H,25,27). The second-order valence-corrected chi connectivity index (χ2v) is 5.99.